The summed E-state index contributed by atoms with van der Waals surface area (Å²) < 4.78 is 0. The van der Waals surface area contributed by atoms with Crippen LogP contribution in [0.4, 0.5) is 5.82 Å². The highest BCUT2D eigenvalue weighted by Gasteiger charge is 2.31. The van der Waals surface area contributed by atoms with Crippen LogP contribution in [0.3, 0.4) is 0 Å². The molecule has 82 valence electrons. The van der Waals surface area contributed by atoms with Crippen molar-refractivity contribution < 1.29 is 5.11 Å². The van der Waals surface area contributed by atoms with Gasteiger partial charge in [-0.2, -0.15) is 5.10 Å². The van der Waals surface area contributed by atoms with Gasteiger partial charge in [-0.15, -0.1) is 5.10 Å². The van der Waals surface area contributed by atoms with Crippen molar-refractivity contribution in [2.75, 3.05) is 18.1 Å². The summed E-state index contributed by atoms with van der Waals surface area (Å²) in [5.74, 6) is 1.41. The highest BCUT2D eigenvalue weighted by molar-refractivity contribution is 5.42. The number of anilines is 1. The summed E-state index contributed by atoms with van der Waals surface area (Å²) in [7, 11) is 0. The van der Waals surface area contributed by atoms with Gasteiger partial charge in [-0.05, 0) is 30.9 Å². The van der Waals surface area contributed by atoms with Crippen LogP contribution >= 0.6 is 0 Å². The molecule has 1 aliphatic rings. The smallest absolute Gasteiger partial charge is 0.151 e. The highest BCUT2D eigenvalue weighted by Crippen LogP contribution is 2.27. The number of hydrogen-bond acceptors (Lipinski definition) is 4. The van der Waals surface area contributed by atoms with Gasteiger partial charge in [0.2, 0.25) is 0 Å². The molecule has 1 aromatic heterocycles. The van der Waals surface area contributed by atoms with E-state index in [1.54, 1.807) is 6.20 Å². The molecule has 2 heterocycles. The quantitative estimate of drug-likeness (QED) is 0.785. The first-order valence-electron chi connectivity index (χ1n) is 5.39. The molecular formula is C11H17N3O. The van der Waals surface area contributed by atoms with Crippen molar-refractivity contribution in [1.82, 2.24) is 10.2 Å². The number of rotatable bonds is 2. The van der Waals surface area contributed by atoms with Crippen molar-refractivity contribution in [1.29, 1.82) is 0 Å². The van der Waals surface area contributed by atoms with E-state index >= 15 is 0 Å². The molecule has 0 aliphatic carbocycles. The molecule has 1 aliphatic heterocycles. The van der Waals surface area contributed by atoms with E-state index in [-0.39, 0.29) is 12.6 Å². The number of aliphatic hydroxyl groups is 1. The fourth-order valence-corrected chi connectivity index (χ4v) is 2.16. The molecule has 0 aromatic carbocycles. The molecule has 2 unspecified atom stereocenters. The van der Waals surface area contributed by atoms with Gasteiger partial charge in [0.25, 0.3) is 0 Å². The SMILES string of the molecule is Cc1cnnc(N2CCC(C)C2CO)c1. The zero-order valence-electron chi connectivity index (χ0n) is 9.22. The summed E-state index contributed by atoms with van der Waals surface area (Å²) in [4.78, 5) is 2.16. The van der Waals surface area contributed by atoms with Crippen molar-refractivity contribution in [2.45, 2.75) is 26.3 Å². The monoisotopic (exact) mass is 207 g/mol. The number of nitrogens with zero attached hydrogens (tertiary/aromatic N) is 3. The summed E-state index contributed by atoms with van der Waals surface area (Å²) in [5, 5.41) is 17.4. The Morgan fingerprint density at radius 2 is 2.40 bits per heavy atom. The molecule has 0 bridgehead atoms. The lowest BCUT2D eigenvalue weighted by Gasteiger charge is -2.25. The van der Waals surface area contributed by atoms with Crippen LogP contribution < -0.4 is 4.90 Å². The second-order valence-electron chi connectivity index (χ2n) is 4.30. The van der Waals surface area contributed by atoms with Gasteiger partial charge in [-0.25, -0.2) is 0 Å². The summed E-state index contributed by atoms with van der Waals surface area (Å²) in [6, 6.07) is 2.22. The van der Waals surface area contributed by atoms with Crippen LogP contribution in [0.25, 0.3) is 0 Å². The van der Waals surface area contributed by atoms with Gasteiger partial charge in [0, 0.05) is 6.54 Å². The van der Waals surface area contributed by atoms with E-state index in [9.17, 15) is 5.11 Å². The third-order valence-electron chi connectivity index (χ3n) is 3.14. The average molecular weight is 207 g/mol. The van der Waals surface area contributed by atoms with Gasteiger partial charge in [0.15, 0.2) is 5.82 Å². The molecule has 0 amide bonds. The van der Waals surface area contributed by atoms with Crippen LogP contribution in [0.15, 0.2) is 12.3 Å². The first kappa shape index (κ1) is 10.4. The Labute approximate surface area is 89.9 Å². The summed E-state index contributed by atoms with van der Waals surface area (Å²) in [5.41, 5.74) is 1.11. The number of hydrogen-bond donors (Lipinski definition) is 1. The first-order valence-corrected chi connectivity index (χ1v) is 5.39. The molecule has 0 spiro atoms. The maximum absolute atomic E-state index is 9.35. The fourth-order valence-electron chi connectivity index (χ4n) is 2.16. The van der Waals surface area contributed by atoms with Gasteiger partial charge in [-0.1, -0.05) is 6.92 Å². The Morgan fingerprint density at radius 3 is 3.07 bits per heavy atom. The number of aromatic nitrogens is 2. The standard InChI is InChI=1S/C11H17N3O/c1-8-5-11(13-12-6-8)14-4-3-9(2)10(14)7-15/h5-6,9-10,15H,3-4,7H2,1-2H3. The van der Waals surface area contributed by atoms with Gasteiger partial charge in [-0.3, -0.25) is 0 Å². The normalized spacial score (nSPS) is 25.9. The molecule has 1 aromatic rings. The van der Waals surface area contributed by atoms with Crippen LogP contribution in [0, 0.1) is 12.8 Å². The average Bonchev–Trinajstić information content (AvgIpc) is 2.59. The number of aryl methyl sites for hydroxylation is 1. The van der Waals surface area contributed by atoms with Gasteiger partial charge in [0.1, 0.15) is 0 Å². The molecular weight excluding hydrogens is 190 g/mol. The fraction of sp³-hybridized carbons (Fsp3) is 0.636. The molecule has 2 rings (SSSR count). The summed E-state index contributed by atoms with van der Waals surface area (Å²) in [6.07, 6.45) is 2.86. The molecule has 4 nitrogen and oxygen atoms in total. The van der Waals surface area contributed by atoms with Crippen molar-refractivity contribution in [2.24, 2.45) is 5.92 Å². The van der Waals surface area contributed by atoms with Gasteiger partial charge >= 0.3 is 0 Å². The van der Waals surface area contributed by atoms with Crippen molar-refractivity contribution >= 4 is 5.82 Å². The first-order chi connectivity index (χ1) is 7.22. The van der Waals surface area contributed by atoms with Gasteiger partial charge in [0.05, 0.1) is 18.8 Å². The van der Waals surface area contributed by atoms with E-state index in [0.717, 1.165) is 24.3 Å². The lowest BCUT2D eigenvalue weighted by molar-refractivity contribution is 0.244. The van der Waals surface area contributed by atoms with E-state index in [0.29, 0.717) is 5.92 Å². The summed E-state index contributed by atoms with van der Waals surface area (Å²) >= 11 is 0. The minimum absolute atomic E-state index is 0.191. The zero-order valence-corrected chi connectivity index (χ0v) is 9.22. The van der Waals surface area contributed by atoms with Crippen molar-refractivity contribution in [3.05, 3.63) is 17.8 Å². The molecule has 4 heteroatoms. The maximum atomic E-state index is 9.35. The van der Waals surface area contributed by atoms with Crippen molar-refractivity contribution in [3.8, 4) is 0 Å². The van der Waals surface area contributed by atoms with E-state index < -0.39 is 0 Å². The van der Waals surface area contributed by atoms with Crippen LogP contribution in [-0.2, 0) is 0 Å². The minimum atomic E-state index is 0.191. The third kappa shape index (κ3) is 1.95. The Kier molecular flexibility index (Phi) is 2.86. The van der Waals surface area contributed by atoms with E-state index in [2.05, 4.69) is 22.0 Å². The topological polar surface area (TPSA) is 49.2 Å². The van der Waals surface area contributed by atoms with E-state index in [4.69, 9.17) is 0 Å². The van der Waals surface area contributed by atoms with E-state index in [1.807, 2.05) is 13.0 Å². The maximum Gasteiger partial charge on any atom is 0.151 e. The summed E-state index contributed by atoms with van der Waals surface area (Å²) in [6.45, 7) is 5.33. The van der Waals surface area contributed by atoms with Crippen LogP contribution in [-0.4, -0.2) is 34.5 Å². The zero-order chi connectivity index (χ0) is 10.8. The minimum Gasteiger partial charge on any atom is -0.394 e. The Hall–Kier alpha value is -1.16. The van der Waals surface area contributed by atoms with Gasteiger partial charge < -0.3 is 10.0 Å². The molecule has 1 saturated heterocycles. The molecule has 1 N–H and O–H groups in total. The van der Waals surface area contributed by atoms with Crippen LogP contribution in [0.5, 0.6) is 0 Å². The second kappa shape index (κ2) is 4.14. The third-order valence-corrected chi connectivity index (χ3v) is 3.14. The Morgan fingerprint density at radius 1 is 1.60 bits per heavy atom. The van der Waals surface area contributed by atoms with E-state index in [1.165, 1.54) is 0 Å². The Balaban J connectivity index is 2.23. The molecule has 15 heavy (non-hydrogen) atoms. The predicted octanol–water partition coefficient (Wildman–Crippen LogP) is 0.992. The van der Waals surface area contributed by atoms with Crippen LogP contribution in [0.1, 0.15) is 18.9 Å². The lowest BCUT2D eigenvalue weighted by Crippen LogP contribution is -2.35. The Bertz CT molecular complexity index is 342. The molecule has 1 fully saturated rings. The second-order valence-corrected chi connectivity index (χ2v) is 4.30. The lowest BCUT2D eigenvalue weighted by atomic mass is 10.0. The predicted molar refractivity (Wildman–Crippen MR) is 58.8 cm³/mol. The van der Waals surface area contributed by atoms with Crippen LogP contribution in [0.2, 0.25) is 0 Å². The largest absolute Gasteiger partial charge is 0.394 e. The molecule has 0 radical (unpaired) electrons. The number of aliphatic hydroxyl groups excluding tert-OH is 1. The highest BCUT2D eigenvalue weighted by atomic mass is 16.3. The molecule has 0 saturated carbocycles. The molecule has 2 atom stereocenters. The van der Waals surface area contributed by atoms with Crippen molar-refractivity contribution in [3.63, 3.8) is 0 Å².